The van der Waals surface area contributed by atoms with Crippen molar-refractivity contribution in [1.82, 2.24) is 0 Å². The molecule has 0 amide bonds. The minimum atomic E-state index is 0.780. The number of para-hydroxylation sites is 1. The number of piperidine rings is 1. The quantitative estimate of drug-likeness (QED) is 0.747. The Kier molecular flexibility index (Phi) is 6.55. The van der Waals surface area contributed by atoms with Crippen LogP contribution in [0.1, 0.15) is 32.1 Å². The predicted octanol–water partition coefficient (Wildman–Crippen LogP) is 3.71. The van der Waals surface area contributed by atoms with Gasteiger partial charge in [0.15, 0.2) is 0 Å². The van der Waals surface area contributed by atoms with Crippen LogP contribution in [-0.2, 0) is 0 Å². The van der Waals surface area contributed by atoms with E-state index in [0.29, 0.717) is 0 Å². The molecule has 1 N–H and O–H groups in total. The van der Waals surface area contributed by atoms with Crippen molar-refractivity contribution in [1.29, 1.82) is 0 Å². The number of rotatable bonds is 8. The summed E-state index contributed by atoms with van der Waals surface area (Å²) in [6.07, 6.45) is 6.59. The maximum absolute atomic E-state index is 5.88. The van der Waals surface area contributed by atoms with Crippen LogP contribution in [0, 0.1) is 0 Å². The third kappa shape index (κ3) is 5.57. The minimum absolute atomic E-state index is 0.780. The molecule has 0 aliphatic carbocycles. The zero-order valence-electron chi connectivity index (χ0n) is 14.4. The summed E-state index contributed by atoms with van der Waals surface area (Å²) >= 11 is 0. The van der Waals surface area contributed by atoms with Gasteiger partial charge in [-0.15, -0.1) is 0 Å². The van der Waals surface area contributed by atoms with Crippen LogP contribution in [0.2, 0.25) is 0 Å². The van der Waals surface area contributed by atoms with Gasteiger partial charge in [0.25, 0.3) is 0 Å². The Labute approximate surface area is 145 Å². The van der Waals surface area contributed by atoms with Gasteiger partial charge in [0.05, 0.1) is 26.2 Å². The molecule has 24 heavy (non-hydrogen) atoms. The van der Waals surface area contributed by atoms with Gasteiger partial charge in [-0.2, -0.15) is 0 Å². The van der Waals surface area contributed by atoms with E-state index in [1.807, 2.05) is 54.6 Å². The molecule has 128 valence electrons. The summed E-state index contributed by atoms with van der Waals surface area (Å²) < 4.78 is 11.7. The molecule has 1 aliphatic rings. The highest BCUT2D eigenvalue weighted by atomic mass is 16.5. The normalized spacial score (nSPS) is 15.2. The fourth-order valence-electron chi connectivity index (χ4n) is 3.22. The van der Waals surface area contributed by atoms with Crippen LogP contribution < -0.4 is 14.4 Å². The van der Waals surface area contributed by atoms with Crippen LogP contribution in [0.25, 0.3) is 0 Å². The second kappa shape index (κ2) is 9.33. The molecular weight excluding hydrogens is 298 g/mol. The van der Waals surface area contributed by atoms with Crippen LogP contribution in [0.15, 0.2) is 54.6 Å². The highest BCUT2D eigenvalue weighted by Gasteiger charge is 2.12. The average Bonchev–Trinajstić information content (AvgIpc) is 2.63. The summed E-state index contributed by atoms with van der Waals surface area (Å²) in [5.74, 6) is 2.55. The third-order valence-electron chi connectivity index (χ3n) is 4.54. The molecule has 1 aliphatic heterocycles. The van der Waals surface area contributed by atoms with Crippen LogP contribution in [0.3, 0.4) is 0 Å². The van der Waals surface area contributed by atoms with Crippen molar-refractivity contribution < 1.29 is 14.4 Å². The van der Waals surface area contributed by atoms with Gasteiger partial charge >= 0.3 is 0 Å². The minimum Gasteiger partial charge on any atom is -0.493 e. The van der Waals surface area contributed by atoms with Crippen molar-refractivity contribution in [2.24, 2.45) is 0 Å². The van der Waals surface area contributed by atoms with Gasteiger partial charge in [-0.3, -0.25) is 0 Å². The fourth-order valence-corrected chi connectivity index (χ4v) is 3.22. The Balaban J connectivity index is 1.38. The first-order chi connectivity index (χ1) is 11.9. The largest absolute Gasteiger partial charge is 0.493 e. The Morgan fingerprint density at radius 2 is 1.50 bits per heavy atom. The summed E-state index contributed by atoms with van der Waals surface area (Å²) in [6, 6.07) is 17.7. The second-order valence-corrected chi connectivity index (χ2v) is 6.51. The molecule has 0 bridgehead atoms. The fraction of sp³-hybridized carbons (Fsp3) is 0.429. The van der Waals surface area contributed by atoms with Crippen molar-refractivity contribution >= 4 is 0 Å². The van der Waals surface area contributed by atoms with Crippen LogP contribution in [0.5, 0.6) is 17.2 Å². The molecule has 0 saturated carbocycles. The SMILES string of the molecule is c1ccc(Oc2cccc(OCCCC[NH+]3CCCCC3)c2)cc1. The van der Waals surface area contributed by atoms with Crippen molar-refractivity contribution in [3.05, 3.63) is 54.6 Å². The molecule has 0 unspecified atom stereocenters. The number of benzene rings is 2. The number of quaternary nitrogens is 1. The van der Waals surface area contributed by atoms with Gasteiger partial charge in [-0.05, 0) is 56.4 Å². The smallest absolute Gasteiger partial charge is 0.131 e. The third-order valence-corrected chi connectivity index (χ3v) is 4.54. The topological polar surface area (TPSA) is 22.9 Å². The van der Waals surface area contributed by atoms with Crippen molar-refractivity contribution in [3.63, 3.8) is 0 Å². The Bertz CT molecular complexity index is 594. The molecular formula is C21H28NO2+. The van der Waals surface area contributed by atoms with Gasteiger partial charge < -0.3 is 14.4 Å². The van der Waals surface area contributed by atoms with Crippen molar-refractivity contribution in [2.45, 2.75) is 32.1 Å². The molecule has 3 nitrogen and oxygen atoms in total. The Hall–Kier alpha value is -2.00. The standard InChI is InChI=1S/C21H27NO2/c1-3-10-19(11-4-1)24-21-13-9-12-20(18-21)23-17-8-7-16-22-14-5-2-6-15-22/h1,3-4,9-13,18H,2,5-8,14-17H2/p+1. The Morgan fingerprint density at radius 1 is 0.750 bits per heavy atom. The number of hydrogen-bond donors (Lipinski definition) is 1. The van der Waals surface area contributed by atoms with Crippen molar-refractivity contribution in [2.75, 3.05) is 26.2 Å². The lowest BCUT2D eigenvalue weighted by Crippen LogP contribution is -3.12. The van der Waals surface area contributed by atoms with Gasteiger partial charge in [0.1, 0.15) is 17.2 Å². The lowest BCUT2D eigenvalue weighted by atomic mass is 10.1. The van der Waals surface area contributed by atoms with E-state index in [9.17, 15) is 0 Å². The first-order valence-corrected chi connectivity index (χ1v) is 9.19. The first-order valence-electron chi connectivity index (χ1n) is 9.19. The number of likely N-dealkylation sites (tertiary alicyclic amines) is 1. The summed E-state index contributed by atoms with van der Waals surface area (Å²) in [4.78, 5) is 1.78. The van der Waals surface area contributed by atoms with E-state index in [-0.39, 0.29) is 0 Å². The van der Waals surface area contributed by atoms with E-state index in [1.54, 1.807) is 4.90 Å². The molecule has 0 aromatic heterocycles. The molecule has 3 rings (SSSR count). The van der Waals surface area contributed by atoms with Gasteiger partial charge in [-0.25, -0.2) is 0 Å². The lowest BCUT2D eigenvalue weighted by molar-refractivity contribution is -0.905. The highest BCUT2D eigenvalue weighted by Crippen LogP contribution is 2.25. The predicted molar refractivity (Wildman–Crippen MR) is 97.1 cm³/mol. The number of unbranched alkanes of at least 4 members (excludes halogenated alkanes) is 1. The lowest BCUT2D eigenvalue weighted by Gasteiger charge is -2.23. The van der Waals surface area contributed by atoms with Crippen molar-refractivity contribution in [3.8, 4) is 17.2 Å². The van der Waals surface area contributed by atoms with Crippen LogP contribution >= 0.6 is 0 Å². The van der Waals surface area contributed by atoms with Crippen LogP contribution in [0.4, 0.5) is 0 Å². The molecule has 0 radical (unpaired) electrons. The molecule has 1 heterocycles. The first kappa shape index (κ1) is 16.8. The number of hydrogen-bond acceptors (Lipinski definition) is 2. The van der Waals surface area contributed by atoms with Gasteiger partial charge in [0, 0.05) is 6.07 Å². The number of nitrogens with one attached hydrogen (secondary N) is 1. The van der Waals surface area contributed by atoms with E-state index >= 15 is 0 Å². The van der Waals surface area contributed by atoms with E-state index in [4.69, 9.17) is 9.47 Å². The van der Waals surface area contributed by atoms with E-state index < -0.39 is 0 Å². The molecule has 0 spiro atoms. The summed E-state index contributed by atoms with van der Waals surface area (Å²) in [6.45, 7) is 4.79. The summed E-state index contributed by atoms with van der Waals surface area (Å²) in [5, 5.41) is 0. The average molecular weight is 326 g/mol. The van der Waals surface area contributed by atoms with Gasteiger partial charge in [0.2, 0.25) is 0 Å². The highest BCUT2D eigenvalue weighted by molar-refractivity contribution is 5.36. The zero-order chi connectivity index (χ0) is 16.5. The van der Waals surface area contributed by atoms with E-state index in [2.05, 4.69) is 0 Å². The summed E-state index contributed by atoms with van der Waals surface area (Å²) in [5.41, 5.74) is 0. The molecule has 2 aromatic rings. The van der Waals surface area contributed by atoms with Crippen LogP contribution in [-0.4, -0.2) is 26.2 Å². The number of ether oxygens (including phenoxy) is 2. The summed E-state index contributed by atoms with van der Waals surface area (Å²) in [7, 11) is 0. The maximum atomic E-state index is 5.88. The Morgan fingerprint density at radius 3 is 2.33 bits per heavy atom. The zero-order valence-corrected chi connectivity index (χ0v) is 14.4. The van der Waals surface area contributed by atoms with E-state index in [0.717, 1.165) is 30.3 Å². The molecule has 1 saturated heterocycles. The maximum Gasteiger partial charge on any atom is 0.131 e. The molecule has 1 fully saturated rings. The molecule has 0 atom stereocenters. The van der Waals surface area contributed by atoms with E-state index in [1.165, 1.54) is 45.3 Å². The molecule has 2 aromatic carbocycles. The molecule has 3 heteroatoms. The monoisotopic (exact) mass is 326 g/mol. The van der Waals surface area contributed by atoms with Gasteiger partial charge in [-0.1, -0.05) is 24.3 Å². The second-order valence-electron chi connectivity index (χ2n) is 6.51.